The Labute approximate surface area is 199 Å². The van der Waals surface area contributed by atoms with Gasteiger partial charge in [-0.05, 0) is 125 Å². The van der Waals surface area contributed by atoms with Crippen LogP contribution in [0.5, 0.6) is 5.75 Å². The predicted octanol–water partition coefficient (Wildman–Crippen LogP) is 8.90. The van der Waals surface area contributed by atoms with Gasteiger partial charge in [-0.15, -0.1) is 0 Å². The maximum atomic E-state index is 14.5. The molecule has 0 amide bonds. The maximum absolute atomic E-state index is 14.5. The van der Waals surface area contributed by atoms with Crippen molar-refractivity contribution in [2.24, 2.45) is 29.6 Å². The Morgan fingerprint density at radius 3 is 1.91 bits per heavy atom. The number of hydrogen-bond donors (Lipinski definition) is 0. The minimum absolute atomic E-state index is 0.0299. The van der Waals surface area contributed by atoms with Crippen LogP contribution >= 0.6 is 0 Å². The minimum atomic E-state index is -0.879. The first-order valence-electron chi connectivity index (χ1n) is 13.1. The fraction of sp³-hybridized carbons (Fsp3) is 0.600. The quantitative estimate of drug-likeness (QED) is 0.390. The van der Waals surface area contributed by atoms with E-state index in [1.54, 1.807) is 6.07 Å². The molecule has 180 valence electrons. The van der Waals surface area contributed by atoms with Crippen molar-refractivity contribution in [2.75, 3.05) is 7.11 Å². The predicted molar refractivity (Wildman–Crippen MR) is 133 cm³/mol. The van der Waals surface area contributed by atoms with E-state index in [0.717, 1.165) is 48.5 Å². The molecule has 3 heteroatoms. The Morgan fingerprint density at radius 2 is 1.36 bits per heavy atom. The second-order valence-electron chi connectivity index (χ2n) is 10.5. The summed E-state index contributed by atoms with van der Waals surface area (Å²) in [5, 5.41) is 0. The van der Waals surface area contributed by atoms with E-state index in [1.165, 1.54) is 64.5 Å². The lowest BCUT2D eigenvalue weighted by Crippen LogP contribution is -2.22. The highest BCUT2D eigenvalue weighted by atomic mass is 19.2. The smallest absolute Gasteiger partial charge is 0.201 e. The van der Waals surface area contributed by atoms with Gasteiger partial charge in [0.05, 0.1) is 7.11 Å². The van der Waals surface area contributed by atoms with E-state index in [1.807, 2.05) is 0 Å². The number of benzene rings is 1. The highest BCUT2D eigenvalue weighted by Gasteiger charge is 2.29. The van der Waals surface area contributed by atoms with Crippen molar-refractivity contribution in [3.8, 4) is 5.75 Å². The first-order valence-corrected chi connectivity index (χ1v) is 13.1. The summed E-state index contributed by atoms with van der Waals surface area (Å²) >= 11 is 0. The zero-order valence-electron chi connectivity index (χ0n) is 20.4. The average Bonchev–Trinajstić information content (AvgIpc) is 2.86. The SMILES string of the molecule is CC=CC1CCC(C=CC2CCC(C3CC=C(c4ccc(OC)c(F)c4F)CC3)CC2)CC1. The van der Waals surface area contributed by atoms with E-state index < -0.39 is 11.6 Å². The second kappa shape index (κ2) is 11.5. The molecule has 4 rings (SSSR count). The lowest BCUT2D eigenvalue weighted by Gasteiger charge is -2.35. The Balaban J connectivity index is 1.24. The van der Waals surface area contributed by atoms with Crippen LogP contribution in [0.1, 0.15) is 83.1 Å². The molecular weight excluding hydrogens is 414 g/mol. The first kappa shape index (κ1) is 24.2. The zero-order chi connectivity index (χ0) is 23.2. The molecule has 3 aliphatic carbocycles. The topological polar surface area (TPSA) is 9.23 Å². The molecule has 0 aromatic heterocycles. The molecule has 33 heavy (non-hydrogen) atoms. The van der Waals surface area contributed by atoms with Crippen LogP contribution in [0.4, 0.5) is 8.78 Å². The maximum Gasteiger partial charge on any atom is 0.201 e. The van der Waals surface area contributed by atoms with Crippen LogP contribution in [0.15, 0.2) is 42.5 Å². The summed E-state index contributed by atoms with van der Waals surface area (Å²) in [4.78, 5) is 0. The molecule has 1 unspecified atom stereocenters. The van der Waals surface area contributed by atoms with Gasteiger partial charge in [-0.3, -0.25) is 0 Å². The van der Waals surface area contributed by atoms with Crippen LogP contribution in [0, 0.1) is 41.2 Å². The molecule has 1 aromatic carbocycles. The zero-order valence-corrected chi connectivity index (χ0v) is 20.4. The summed E-state index contributed by atoms with van der Waals surface area (Å²) in [6.07, 6.45) is 25.3. The normalized spacial score (nSPS) is 31.2. The van der Waals surface area contributed by atoms with Gasteiger partial charge in [-0.25, -0.2) is 4.39 Å². The number of rotatable bonds is 6. The molecule has 0 N–H and O–H groups in total. The van der Waals surface area contributed by atoms with Gasteiger partial charge < -0.3 is 4.74 Å². The van der Waals surface area contributed by atoms with Gasteiger partial charge in [0.2, 0.25) is 5.82 Å². The van der Waals surface area contributed by atoms with E-state index in [2.05, 4.69) is 37.3 Å². The average molecular weight is 455 g/mol. The Kier molecular flexibility index (Phi) is 8.44. The van der Waals surface area contributed by atoms with Gasteiger partial charge in [0.25, 0.3) is 0 Å². The molecule has 1 nitrogen and oxygen atoms in total. The van der Waals surface area contributed by atoms with E-state index >= 15 is 0 Å². The van der Waals surface area contributed by atoms with Crippen LogP contribution in [0.3, 0.4) is 0 Å². The molecule has 0 radical (unpaired) electrons. The Hall–Kier alpha value is -1.90. The standard InChI is InChI=1S/C30H40F2O/c1-3-4-21-5-7-22(8-6-21)9-10-23-11-13-24(14-12-23)25-15-17-26(18-16-25)27-19-20-28(33-2)30(32)29(27)31/h3-4,9-10,17,19-25H,5-8,11-16,18H2,1-2H3. The van der Waals surface area contributed by atoms with Crippen molar-refractivity contribution in [1.29, 1.82) is 0 Å². The highest BCUT2D eigenvalue weighted by Crippen LogP contribution is 2.42. The Morgan fingerprint density at radius 1 is 0.758 bits per heavy atom. The van der Waals surface area contributed by atoms with Gasteiger partial charge in [0, 0.05) is 5.56 Å². The number of hydrogen-bond acceptors (Lipinski definition) is 1. The summed E-state index contributed by atoms with van der Waals surface area (Å²) in [6, 6.07) is 3.19. The van der Waals surface area contributed by atoms with Crippen LogP contribution in [-0.2, 0) is 0 Å². The van der Waals surface area contributed by atoms with E-state index in [-0.39, 0.29) is 5.75 Å². The van der Waals surface area contributed by atoms with Crippen LogP contribution < -0.4 is 4.74 Å². The largest absolute Gasteiger partial charge is 0.494 e. The van der Waals surface area contributed by atoms with Gasteiger partial charge >= 0.3 is 0 Å². The van der Waals surface area contributed by atoms with E-state index in [4.69, 9.17) is 4.74 Å². The molecule has 3 aliphatic rings. The van der Waals surface area contributed by atoms with E-state index in [0.29, 0.717) is 11.5 Å². The minimum Gasteiger partial charge on any atom is -0.494 e. The lowest BCUT2D eigenvalue weighted by atomic mass is 9.70. The van der Waals surface area contributed by atoms with Crippen molar-refractivity contribution in [3.05, 3.63) is 59.7 Å². The fourth-order valence-electron chi connectivity index (χ4n) is 6.39. The van der Waals surface area contributed by atoms with Gasteiger partial charge in [-0.2, -0.15) is 4.39 Å². The molecule has 1 atom stereocenters. The Bertz CT molecular complexity index is 868. The van der Waals surface area contributed by atoms with Crippen molar-refractivity contribution >= 4 is 5.57 Å². The fourth-order valence-corrected chi connectivity index (χ4v) is 6.39. The van der Waals surface area contributed by atoms with Crippen LogP contribution in [0.2, 0.25) is 0 Å². The molecule has 0 bridgehead atoms. The summed E-state index contributed by atoms with van der Waals surface area (Å²) in [5.41, 5.74) is 1.35. The lowest BCUT2D eigenvalue weighted by molar-refractivity contribution is 0.212. The number of allylic oxidation sites excluding steroid dienone is 6. The molecular formula is C30H40F2O. The number of methoxy groups -OCH3 is 1. The molecule has 0 saturated heterocycles. The second-order valence-corrected chi connectivity index (χ2v) is 10.5. The summed E-state index contributed by atoms with van der Waals surface area (Å²) in [5.74, 6) is 2.12. The third-order valence-corrected chi connectivity index (χ3v) is 8.48. The van der Waals surface area contributed by atoms with Gasteiger partial charge in [-0.1, -0.05) is 30.4 Å². The van der Waals surface area contributed by atoms with E-state index in [9.17, 15) is 8.78 Å². The van der Waals surface area contributed by atoms with Crippen molar-refractivity contribution in [2.45, 2.75) is 77.6 Å². The first-order chi connectivity index (χ1) is 16.1. The molecule has 1 aromatic rings. The number of ether oxygens (including phenoxy) is 1. The van der Waals surface area contributed by atoms with Crippen molar-refractivity contribution in [3.63, 3.8) is 0 Å². The molecule has 2 saturated carbocycles. The molecule has 0 aliphatic heterocycles. The summed E-state index contributed by atoms with van der Waals surface area (Å²) < 4.78 is 33.5. The highest BCUT2D eigenvalue weighted by molar-refractivity contribution is 5.67. The summed E-state index contributed by atoms with van der Waals surface area (Å²) in [6.45, 7) is 2.13. The van der Waals surface area contributed by atoms with Crippen LogP contribution in [0.25, 0.3) is 5.57 Å². The van der Waals surface area contributed by atoms with Gasteiger partial charge in [0.1, 0.15) is 0 Å². The molecule has 2 fully saturated rings. The summed E-state index contributed by atoms with van der Waals surface area (Å²) in [7, 11) is 1.36. The molecule has 0 spiro atoms. The third kappa shape index (κ3) is 5.97. The monoisotopic (exact) mass is 454 g/mol. The number of halogens is 2. The van der Waals surface area contributed by atoms with Crippen LogP contribution in [-0.4, -0.2) is 7.11 Å². The van der Waals surface area contributed by atoms with Crippen molar-refractivity contribution in [1.82, 2.24) is 0 Å². The van der Waals surface area contributed by atoms with Gasteiger partial charge in [0.15, 0.2) is 11.6 Å². The molecule has 0 heterocycles. The van der Waals surface area contributed by atoms with Crippen molar-refractivity contribution < 1.29 is 13.5 Å². The third-order valence-electron chi connectivity index (χ3n) is 8.48.